The Morgan fingerprint density at radius 3 is 2.43 bits per heavy atom. The van der Waals surface area contributed by atoms with Gasteiger partial charge < -0.3 is 25.2 Å². The molecule has 0 spiro atoms. The maximum atomic E-state index is 9.33. The van der Waals surface area contributed by atoms with Crippen LogP contribution in [0.5, 0.6) is 11.5 Å². The van der Waals surface area contributed by atoms with E-state index in [-0.39, 0.29) is 12.6 Å². The Hall–Kier alpha value is -3.39. The predicted octanol–water partition coefficient (Wildman–Crippen LogP) is 3.09. The van der Waals surface area contributed by atoms with Gasteiger partial charge in [-0.15, -0.1) is 0 Å². The molecule has 0 radical (unpaired) electrons. The minimum absolute atomic E-state index is 0.0265. The van der Waals surface area contributed by atoms with E-state index >= 15 is 0 Å². The van der Waals surface area contributed by atoms with Gasteiger partial charge in [-0.1, -0.05) is 0 Å². The quantitative estimate of drug-likeness (QED) is 0.547. The van der Waals surface area contributed by atoms with Gasteiger partial charge in [0.1, 0.15) is 5.82 Å². The van der Waals surface area contributed by atoms with Crippen LogP contribution in [0.4, 0.5) is 17.5 Å². The van der Waals surface area contributed by atoms with E-state index in [9.17, 15) is 5.11 Å². The number of nitrogens with one attached hydrogen (secondary N) is 2. The van der Waals surface area contributed by atoms with Crippen LogP contribution in [0.2, 0.25) is 0 Å². The van der Waals surface area contributed by atoms with E-state index in [4.69, 9.17) is 9.47 Å². The van der Waals surface area contributed by atoms with Crippen molar-refractivity contribution < 1.29 is 14.6 Å². The molecule has 146 valence electrons. The molecule has 8 heteroatoms. The third-order valence-electron chi connectivity index (χ3n) is 4.01. The van der Waals surface area contributed by atoms with Crippen LogP contribution in [0.25, 0.3) is 11.3 Å². The molecular weight excluding hydrogens is 358 g/mol. The third-order valence-corrected chi connectivity index (χ3v) is 4.01. The van der Waals surface area contributed by atoms with Crippen LogP contribution in [0.1, 0.15) is 6.92 Å². The zero-order valence-electron chi connectivity index (χ0n) is 16.0. The van der Waals surface area contributed by atoms with Crippen molar-refractivity contribution in [3.05, 3.63) is 48.8 Å². The normalized spacial score (nSPS) is 11.6. The summed E-state index contributed by atoms with van der Waals surface area (Å²) in [5.41, 5.74) is 2.43. The van der Waals surface area contributed by atoms with Crippen LogP contribution < -0.4 is 20.1 Å². The molecule has 0 aliphatic heterocycles. The number of hydrogen-bond donors (Lipinski definition) is 3. The van der Waals surface area contributed by atoms with Crippen molar-refractivity contribution in [2.75, 3.05) is 31.5 Å². The first-order valence-electron chi connectivity index (χ1n) is 8.79. The Bertz CT molecular complexity index is 921. The molecule has 3 N–H and O–H groups in total. The molecule has 3 aromatic rings. The van der Waals surface area contributed by atoms with Crippen molar-refractivity contribution in [3.8, 4) is 22.8 Å². The lowest BCUT2D eigenvalue weighted by Crippen LogP contribution is -2.21. The minimum Gasteiger partial charge on any atom is -0.493 e. The number of aliphatic hydroxyl groups is 1. The fourth-order valence-corrected chi connectivity index (χ4v) is 2.57. The number of methoxy groups -OCH3 is 2. The molecule has 0 amide bonds. The summed E-state index contributed by atoms with van der Waals surface area (Å²) >= 11 is 0. The minimum atomic E-state index is -0.179. The molecular formula is C20H23N5O3. The fraction of sp³-hybridized carbons (Fsp3) is 0.250. The summed E-state index contributed by atoms with van der Waals surface area (Å²) in [6.45, 7) is 1.82. The first-order valence-corrected chi connectivity index (χ1v) is 8.79. The number of aromatic nitrogens is 3. The van der Waals surface area contributed by atoms with Gasteiger partial charge in [-0.25, -0.2) is 4.98 Å². The lowest BCUT2D eigenvalue weighted by atomic mass is 10.2. The Labute approximate surface area is 163 Å². The van der Waals surface area contributed by atoms with Gasteiger partial charge in [0.25, 0.3) is 0 Å². The van der Waals surface area contributed by atoms with Gasteiger partial charge >= 0.3 is 0 Å². The van der Waals surface area contributed by atoms with E-state index in [2.05, 4.69) is 25.6 Å². The highest BCUT2D eigenvalue weighted by atomic mass is 16.5. The molecule has 0 saturated heterocycles. The summed E-state index contributed by atoms with van der Waals surface area (Å²) in [6, 6.07) is 10.9. The molecule has 0 unspecified atom stereocenters. The van der Waals surface area contributed by atoms with Gasteiger partial charge in [-0.05, 0) is 31.2 Å². The number of ether oxygens (including phenoxy) is 2. The highest BCUT2D eigenvalue weighted by Gasteiger charge is 2.11. The van der Waals surface area contributed by atoms with Gasteiger partial charge in [0, 0.05) is 41.8 Å². The number of nitrogens with zero attached hydrogens (tertiary/aromatic N) is 3. The van der Waals surface area contributed by atoms with E-state index in [0.717, 1.165) is 16.9 Å². The standard InChI is InChI=1S/C20H23N5O3/c1-13(12-26)22-20-24-16(14-6-8-21-9-7-14)11-19(25-20)23-15-4-5-17(27-2)18(10-15)28-3/h4-11,13,26H,12H2,1-3H3,(H2,22,23,24,25)/t13-/m0/s1. The number of aliphatic hydroxyl groups excluding tert-OH is 1. The van der Waals surface area contributed by atoms with Crippen LogP contribution in [0, 0.1) is 0 Å². The second kappa shape index (κ2) is 9.01. The van der Waals surface area contributed by atoms with Crippen molar-refractivity contribution in [1.29, 1.82) is 0 Å². The van der Waals surface area contributed by atoms with E-state index in [1.54, 1.807) is 26.6 Å². The highest BCUT2D eigenvalue weighted by Crippen LogP contribution is 2.31. The maximum Gasteiger partial charge on any atom is 0.225 e. The monoisotopic (exact) mass is 381 g/mol. The van der Waals surface area contributed by atoms with Gasteiger partial charge in [-0.2, -0.15) is 4.98 Å². The van der Waals surface area contributed by atoms with Crippen LogP contribution in [0.3, 0.4) is 0 Å². The summed E-state index contributed by atoms with van der Waals surface area (Å²) in [4.78, 5) is 13.1. The van der Waals surface area contributed by atoms with Gasteiger partial charge in [-0.3, -0.25) is 4.98 Å². The lowest BCUT2D eigenvalue weighted by Gasteiger charge is -2.15. The average Bonchev–Trinajstić information content (AvgIpc) is 2.74. The second-order valence-electron chi connectivity index (χ2n) is 6.12. The lowest BCUT2D eigenvalue weighted by molar-refractivity contribution is 0.281. The number of anilines is 3. The Morgan fingerprint density at radius 2 is 1.75 bits per heavy atom. The molecule has 3 rings (SSSR count). The first kappa shape index (κ1) is 19.4. The van der Waals surface area contributed by atoms with Crippen LogP contribution in [-0.4, -0.2) is 46.9 Å². The number of rotatable bonds is 8. The van der Waals surface area contributed by atoms with E-state index < -0.39 is 0 Å². The largest absolute Gasteiger partial charge is 0.493 e. The van der Waals surface area contributed by atoms with E-state index in [1.165, 1.54) is 0 Å². The summed E-state index contributed by atoms with van der Waals surface area (Å²) in [6.07, 6.45) is 3.42. The Kier molecular flexibility index (Phi) is 6.23. The molecule has 0 bridgehead atoms. The second-order valence-corrected chi connectivity index (χ2v) is 6.12. The summed E-state index contributed by atoms with van der Waals surface area (Å²) in [7, 11) is 3.18. The fourth-order valence-electron chi connectivity index (χ4n) is 2.57. The molecule has 0 fully saturated rings. The topological polar surface area (TPSA) is 101 Å². The SMILES string of the molecule is COc1ccc(Nc2cc(-c3ccncc3)nc(N[C@@H](C)CO)n2)cc1OC. The van der Waals surface area contributed by atoms with Gasteiger partial charge in [0.2, 0.25) is 5.95 Å². The van der Waals surface area contributed by atoms with Crippen molar-refractivity contribution >= 4 is 17.5 Å². The van der Waals surface area contributed by atoms with Gasteiger partial charge in [0.05, 0.1) is 26.5 Å². The molecule has 0 aliphatic rings. The Balaban J connectivity index is 1.96. The van der Waals surface area contributed by atoms with Crippen molar-refractivity contribution in [2.45, 2.75) is 13.0 Å². The first-order chi connectivity index (χ1) is 13.6. The maximum absolute atomic E-state index is 9.33. The Morgan fingerprint density at radius 1 is 1.00 bits per heavy atom. The van der Waals surface area contributed by atoms with E-state index in [0.29, 0.717) is 23.3 Å². The molecule has 8 nitrogen and oxygen atoms in total. The third kappa shape index (κ3) is 4.66. The number of hydrogen-bond acceptors (Lipinski definition) is 8. The van der Waals surface area contributed by atoms with Crippen molar-refractivity contribution in [1.82, 2.24) is 15.0 Å². The molecule has 2 aromatic heterocycles. The zero-order valence-corrected chi connectivity index (χ0v) is 16.0. The van der Waals surface area contributed by atoms with Crippen LogP contribution in [-0.2, 0) is 0 Å². The van der Waals surface area contributed by atoms with Gasteiger partial charge in [0.15, 0.2) is 11.5 Å². The smallest absolute Gasteiger partial charge is 0.225 e. The molecule has 0 aliphatic carbocycles. The number of pyridine rings is 1. The molecule has 1 atom stereocenters. The van der Waals surface area contributed by atoms with Crippen LogP contribution >= 0.6 is 0 Å². The van der Waals surface area contributed by atoms with E-state index in [1.807, 2.05) is 43.3 Å². The molecule has 2 heterocycles. The summed E-state index contributed by atoms with van der Waals surface area (Å²) < 4.78 is 10.6. The molecule has 0 saturated carbocycles. The summed E-state index contributed by atoms with van der Waals surface area (Å²) in [5.74, 6) is 2.27. The van der Waals surface area contributed by atoms with Crippen molar-refractivity contribution in [2.24, 2.45) is 0 Å². The predicted molar refractivity (Wildman–Crippen MR) is 108 cm³/mol. The molecule has 28 heavy (non-hydrogen) atoms. The van der Waals surface area contributed by atoms with Crippen LogP contribution in [0.15, 0.2) is 48.8 Å². The average molecular weight is 381 g/mol. The summed E-state index contributed by atoms with van der Waals surface area (Å²) in [5, 5.41) is 15.7. The number of benzene rings is 1. The molecule has 1 aromatic carbocycles. The van der Waals surface area contributed by atoms with Crippen molar-refractivity contribution in [3.63, 3.8) is 0 Å². The highest BCUT2D eigenvalue weighted by molar-refractivity contribution is 5.68. The zero-order chi connectivity index (χ0) is 19.9.